The van der Waals surface area contributed by atoms with Gasteiger partial charge in [0.15, 0.2) is 15.5 Å². The SMILES string of the molecule is CCn1nc(C(=O)NCC2CCC(S(C)(=O)=O)CO2)c(Cl)c1-c1ccc(NC(C)C(F)(F)F)cc1OC. The van der Waals surface area contributed by atoms with E-state index in [-0.39, 0.29) is 41.4 Å². The molecule has 37 heavy (non-hydrogen) atoms. The number of benzene rings is 1. The second-order valence-corrected chi connectivity index (χ2v) is 11.5. The Morgan fingerprint density at radius 3 is 2.59 bits per heavy atom. The van der Waals surface area contributed by atoms with E-state index < -0.39 is 33.2 Å². The standard InChI is InChI=1S/C23H30ClF3N4O5S/c1-5-31-21(17-9-6-14(10-18(17)35-3)29-13(2)23(25,26)27)19(24)20(30-31)22(32)28-11-15-7-8-16(12-36-15)37(4,33)34/h6,9-10,13,15-16,29H,5,7-8,11-12H2,1-4H3,(H,28,32). The number of carbonyl (C=O) groups is 1. The first-order chi connectivity index (χ1) is 17.3. The largest absolute Gasteiger partial charge is 0.496 e. The summed E-state index contributed by atoms with van der Waals surface area (Å²) in [5.74, 6) is -0.289. The number of sulfone groups is 1. The lowest BCUT2D eigenvalue weighted by atomic mass is 10.1. The van der Waals surface area contributed by atoms with Gasteiger partial charge in [-0.2, -0.15) is 18.3 Å². The van der Waals surface area contributed by atoms with E-state index in [1.165, 1.54) is 30.2 Å². The van der Waals surface area contributed by atoms with Crippen molar-refractivity contribution in [2.75, 3.05) is 31.8 Å². The van der Waals surface area contributed by atoms with Crippen molar-refractivity contribution in [3.8, 4) is 17.0 Å². The number of aromatic nitrogens is 2. The maximum absolute atomic E-state index is 12.9. The molecule has 3 rings (SSSR count). The van der Waals surface area contributed by atoms with Crippen LogP contribution < -0.4 is 15.4 Å². The smallest absolute Gasteiger partial charge is 0.408 e. The molecule has 2 N–H and O–H groups in total. The van der Waals surface area contributed by atoms with E-state index in [1.54, 1.807) is 13.0 Å². The van der Waals surface area contributed by atoms with Crippen LogP contribution in [-0.4, -0.2) is 74.2 Å². The maximum atomic E-state index is 12.9. The highest BCUT2D eigenvalue weighted by Gasteiger charge is 2.36. The molecule has 0 aliphatic carbocycles. The average Bonchev–Trinajstić information content (AvgIpc) is 3.17. The molecule has 1 amide bonds. The molecular weight excluding hydrogens is 537 g/mol. The Hall–Kier alpha value is -2.51. The van der Waals surface area contributed by atoms with Crippen molar-refractivity contribution in [1.82, 2.24) is 15.1 Å². The van der Waals surface area contributed by atoms with E-state index >= 15 is 0 Å². The predicted molar refractivity (Wildman–Crippen MR) is 134 cm³/mol. The van der Waals surface area contributed by atoms with Crippen LogP contribution in [0.5, 0.6) is 5.75 Å². The number of anilines is 1. The van der Waals surface area contributed by atoms with Gasteiger partial charge in [0.05, 0.1) is 35.8 Å². The molecule has 206 valence electrons. The number of amides is 1. The normalized spacial score (nSPS) is 19.4. The van der Waals surface area contributed by atoms with Gasteiger partial charge in [0.1, 0.15) is 11.8 Å². The molecule has 0 spiro atoms. The zero-order valence-corrected chi connectivity index (χ0v) is 22.4. The van der Waals surface area contributed by atoms with Gasteiger partial charge in [0.25, 0.3) is 5.91 Å². The topological polar surface area (TPSA) is 112 Å². The number of methoxy groups -OCH3 is 1. The van der Waals surface area contributed by atoms with Crippen LogP contribution in [0.4, 0.5) is 18.9 Å². The van der Waals surface area contributed by atoms with E-state index in [0.29, 0.717) is 30.6 Å². The molecule has 1 aliphatic heterocycles. The lowest BCUT2D eigenvalue weighted by molar-refractivity contribution is -0.138. The second kappa shape index (κ2) is 11.5. The molecule has 14 heteroatoms. The van der Waals surface area contributed by atoms with Gasteiger partial charge in [0, 0.05) is 36.7 Å². The van der Waals surface area contributed by atoms with Crippen molar-refractivity contribution in [3.05, 3.63) is 28.9 Å². The van der Waals surface area contributed by atoms with Gasteiger partial charge in [-0.1, -0.05) is 11.6 Å². The van der Waals surface area contributed by atoms with Gasteiger partial charge in [-0.25, -0.2) is 8.42 Å². The number of halogens is 4. The van der Waals surface area contributed by atoms with Gasteiger partial charge >= 0.3 is 6.18 Å². The number of ether oxygens (including phenoxy) is 2. The first kappa shape index (κ1) is 29.1. The molecule has 3 atom stereocenters. The fourth-order valence-corrected chi connectivity index (χ4v) is 5.16. The summed E-state index contributed by atoms with van der Waals surface area (Å²) in [4.78, 5) is 12.9. The maximum Gasteiger partial charge on any atom is 0.408 e. The minimum atomic E-state index is -4.42. The Morgan fingerprint density at radius 1 is 1.35 bits per heavy atom. The third-order valence-electron chi connectivity index (χ3n) is 6.16. The second-order valence-electron chi connectivity index (χ2n) is 8.84. The highest BCUT2D eigenvalue weighted by molar-refractivity contribution is 7.91. The molecule has 1 aliphatic rings. The van der Waals surface area contributed by atoms with E-state index in [2.05, 4.69) is 15.7 Å². The first-order valence-corrected chi connectivity index (χ1v) is 14.0. The van der Waals surface area contributed by atoms with Gasteiger partial charge in [-0.15, -0.1) is 0 Å². The van der Waals surface area contributed by atoms with E-state index in [4.69, 9.17) is 21.1 Å². The number of hydrogen-bond donors (Lipinski definition) is 2. The molecule has 1 fully saturated rings. The summed E-state index contributed by atoms with van der Waals surface area (Å²) in [7, 11) is -1.81. The molecule has 2 heterocycles. The van der Waals surface area contributed by atoms with Gasteiger partial charge in [0.2, 0.25) is 0 Å². The Labute approximate surface area is 218 Å². The predicted octanol–water partition coefficient (Wildman–Crippen LogP) is 3.92. The number of aryl methyl sites for hydroxylation is 1. The fraction of sp³-hybridized carbons (Fsp3) is 0.565. The number of alkyl halides is 3. The summed E-state index contributed by atoms with van der Waals surface area (Å²) in [6, 6.07) is 2.67. The van der Waals surface area contributed by atoms with Gasteiger partial charge in [-0.05, 0) is 38.8 Å². The fourth-order valence-electron chi connectivity index (χ4n) is 3.95. The molecule has 1 aromatic carbocycles. The summed E-state index contributed by atoms with van der Waals surface area (Å²) in [5.41, 5.74) is 1.01. The Balaban J connectivity index is 1.78. The monoisotopic (exact) mass is 566 g/mol. The minimum absolute atomic E-state index is 0.0294. The number of carbonyl (C=O) groups excluding carboxylic acids is 1. The summed E-state index contributed by atoms with van der Waals surface area (Å²) in [6.45, 7) is 3.39. The van der Waals surface area contributed by atoms with Crippen LogP contribution in [-0.2, 0) is 21.1 Å². The van der Waals surface area contributed by atoms with Crippen molar-refractivity contribution >= 4 is 33.0 Å². The van der Waals surface area contributed by atoms with Crippen LogP contribution in [0.3, 0.4) is 0 Å². The zero-order chi connectivity index (χ0) is 27.5. The molecular formula is C23H30ClF3N4O5S. The number of nitrogens with one attached hydrogen (secondary N) is 2. The van der Waals surface area contributed by atoms with Crippen LogP contribution in [0.25, 0.3) is 11.3 Å². The number of rotatable bonds is 9. The van der Waals surface area contributed by atoms with Crippen LogP contribution in [0.15, 0.2) is 18.2 Å². The molecule has 2 aromatic rings. The number of hydrogen-bond acceptors (Lipinski definition) is 7. The van der Waals surface area contributed by atoms with Crippen LogP contribution in [0.1, 0.15) is 37.2 Å². The summed E-state index contributed by atoms with van der Waals surface area (Å²) >= 11 is 6.58. The van der Waals surface area contributed by atoms with Crippen molar-refractivity contribution < 1.29 is 35.9 Å². The molecule has 0 radical (unpaired) electrons. The van der Waals surface area contributed by atoms with Crippen LogP contribution >= 0.6 is 11.6 Å². The number of nitrogens with zero attached hydrogens (tertiary/aromatic N) is 2. The summed E-state index contributed by atoms with van der Waals surface area (Å²) in [6.07, 6.45) is -2.66. The van der Waals surface area contributed by atoms with E-state index in [1.807, 2.05) is 0 Å². The quantitative estimate of drug-likeness (QED) is 0.473. The molecule has 3 unspecified atom stereocenters. The van der Waals surface area contributed by atoms with Crippen LogP contribution in [0.2, 0.25) is 5.02 Å². The third kappa shape index (κ3) is 6.88. The minimum Gasteiger partial charge on any atom is -0.496 e. The molecule has 0 saturated carbocycles. The molecule has 1 saturated heterocycles. The Bertz CT molecular complexity index is 1230. The molecule has 1 aromatic heterocycles. The van der Waals surface area contributed by atoms with Gasteiger partial charge < -0.3 is 20.1 Å². The van der Waals surface area contributed by atoms with E-state index in [9.17, 15) is 26.4 Å². The summed E-state index contributed by atoms with van der Waals surface area (Å²) < 4.78 is 74.7. The zero-order valence-electron chi connectivity index (χ0n) is 20.9. The lowest BCUT2D eigenvalue weighted by Gasteiger charge is -2.28. The lowest BCUT2D eigenvalue weighted by Crippen LogP contribution is -2.41. The Morgan fingerprint density at radius 2 is 2.05 bits per heavy atom. The van der Waals surface area contributed by atoms with Gasteiger partial charge in [-0.3, -0.25) is 9.48 Å². The molecule has 0 bridgehead atoms. The Kier molecular flexibility index (Phi) is 9.01. The van der Waals surface area contributed by atoms with Crippen molar-refractivity contribution in [2.24, 2.45) is 0 Å². The van der Waals surface area contributed by atoms with Crippen LogP contribution in [0, 0.1) is 0 Å². The van der Waals surface area contributed by atoms with E-state index in [0.717, 1.165) is 6.92 Å². The van der Waals surface area contributed by atoms with Crippen molar-refractivity contribution in [1.29, 1.82) is 0 Å². The molecule has 9 nitrogen and oxygen atoms in total. The van der Waals surface area contributed by atoms with Crippen molar-refractivity contribution in [2.45, 2.75) is 56.8 Å². The van der Waals surface area contributed by atoms with Crippen molar-refractivity contribution in [3.63, 3.8) is 0 Å². The highest BCUT2D eigenvalue weighted by atomic mass is 35.5. The summed E-state index contributed by atoms with van der Waals surface area (Å²) in [5, 5.41) is 8.95. The highest BCUT2D eigenvalue weighted by Crippen LogP contribution is 2.39. The average molecular weight is 567 g/mol. The first-order valence-electron chi connectivity index (χ1n) is 11.6. The third-order valence-corrected chi connectivity index (χ3v) is 8.11.